The molecule has 2 heterocycles. The lowest BCUT2D eigenvalue weighted by molar-refractivity contribution is 0.634. The Kier molecular flexibility index (Phi) is 3.44. The lowest BCUT2D eigenvalue weighted by Crippen LogP contribution is -2.34. The molecular weight excluding hydrogens is 220 g/mol. The van der Waals surface area contributed by atoms with Crippen LogP contribution in [0.25, 0.3) is 0 Å². The van der Waals surface area contributed by atoms with Crippen LogP contribution in [0.4, 0.5) is 11.4 Å². The van der Waals surface area contributed by atoms with Crippen molar-refractivity contribution in [2.45, 2.75) is 45.4 Å². The van der Waals surface area contributed by atoms with Gasteiger partial charge in [-0.3, -0.25) is 0 Å². The molecule has 2 aliphatic heterocycles. The highest BCUT2D eigenvalue weighted by molar-refractivity contribution is 5.68. The molecule has 0 unspecified atom stereocenters. The first-order valence-electron chi connectivity index (χ1n) is 7.53. The van der Waals surface area contributed by atoms with E-state index in [0.29, 0.717) is 0 Å². The van der Waals surface area contributed by atoms with E-state index in [1.54, 1.807) is 16.8 Å². The van der Waals surface area contributed by atoms with Gasteiger partial charge in [0, 0.05) is 31.0 Å². The SMILES string of the molecule is CCCCNc1cc2c3c(c1)CCCN3CCC2. The van der Waals surface area contributed by atoms with Crippen molar-refractivity contribution in [2.75, 3.05) is 29.9 Å². The molecule has 1 N–H and O–H groups in total. The monoisotopic (exact) mass is 244 g/mol. The Bertz CT molecular complexity index is 394. The summed E-state index contributed by atoms with van der Waals surface area (Å²) in [5, 5.41) is 3.59. The van der Waals surface area contributed by atoms with E-state index in [-0.39, 0.29) is 0 Å². The molecule has 98 valence electrons. The van der Waals surface area contributed by atoms with Crippen molar-refractivity contribution in [3.63, 3.8) is 0 Å². The maximum Gasteiger partial charge on any atom is 0.0432 e. The van der Waals surface area contributed by atoms with Crippen LogP contribution in [-0.4, -0.2) is 19.6 Å². The third-order valence-corrected chi connectivity index (χ3v) is 4.19. The van der Waals surface area contributed by atoms with Crippen molar-refractivity contribution in [3.05, 3.63) is 23.3 Å². The van der Waals surface area contributed by atoms with Crippen LogP contribution in [-0.2, 0) is 12.8 Å². The second-order valence-corrected chi connectivity index (χ2v) is 5.62. The minimum Gasteiger partial charge on any atom is -0.385 e. The summed E-state index contributed by atoms with van der Waals surface area (Å²) in [5.74, 6) is 0. The number of anilines is 2. The largest absolute Gasteiger partial charge is 0.385 e. The molecule has 0 fully saturated rings. The van der Waals surface area contributed by atoms with Crippen LogP contribution in [0.2, 0.25) is 0 Å². The molecule has 0 aromatic heterocycles. The zero-order valence-corrected chi connectivity index (χ0v) is 11.5. The van der Waals surface area contributed by atoms with Gasteiger partial charge in [0.15, 0.2) is 0 Å². The van der Waals surface area contributed by atoms with E-state index < -0.39 is 0 Å². The molecule has 1 aromatic rings. The fraction of sp³-hybridized carbons (Fsp3) is 0.625. The predicted molar refractivity (Wildman–Crippen MR) is 78.7 cm³/mol. The molecule has 0 saturated heterocycles. The molecule has 1 aromatic carbocycles. The minimum atomic E-state index is 1.11. The van der Waals surface area contributed by atoms with Gasteiger partial charge in [-0.15, -0.1) is 0 Å². The van der Waals surface area contributed by atoms with Crippen LogP contribution < -0.4 is 10.2 Å². The predicted octanol–water partition coefficient (Wildman–Crippen LogP) is 3.60. The summed E-state index contributed by atoms with van der Waals surface area (Å²) in [4.78, 5) is 2.60. The molecule has 2 nitrogen and oxygen atoms in total. The zero-order valence-electron chi connectivity index (χ0n) is 11.5. The van der Waals surface area contributed by atoms with Crippen LogP contribution >= 0.6 is 0 Å². The third-order valence-electron chi connectivity index (χ3n) is 4.19. The minimum absolute atomic E-state index is 1.11. The van der Waals surface area contributed by atoms with Crippen LogP contribution in [0.5, 0.6) is 0 Å². The Labute approximate surface area is 110 Å². The highest BCUT2D eigenvalue weighted by atomic mass is 15.1. The highest BCUT2D eigenvalue weighted by Gasteiger charge is 2.23. The second kappa shape index (κ2) is 5.21. The van der Waals surface area contributed by atoms with Crippen molar-refractivity contribution >= 4 is 11.4 Å². The smallest absolute Gasteiger partial charge is 0.0432 e. The van der Waals surface area contributed by atoms with E-state index in [2.05, 4.69) is 29.3 Å². The van der Waals surface area contributed by atoms with E-state index in [1.807, 2.05) is 0 Å². The van der Waals surface area contributed by atoms with Crippen LogP contribution in [0.1, 0.15) is 43.7 Å². The molecule has 3 rings (SSSR count). The molecule has 2 aliphatic rings. The lowest BCUT2D eigenvalue weighted by atomic mass is 9.91. The summed E-state index contributed by atoms with van der Waals surface area (Å²) in [6.07, 6.45) is 7.71. The maximum atomic E-state index is 3.59. The van der Waals surface area contributed by atoms with Crippen molar-refractivity contribution in [3.8, 4) is 0 Å². The van der Waals surface area contributed by atoms with Crippen molar-refractivity contribution in [2.24, 2.45) is 0 Å². The fourth-order valence-corrected chi connectivity index (χ4v) is 3.32. The number of nitrogens with one attached hydrogen (secondary N) is 1. The van der Waals surface area contributed by atoms with Gasteiger partial charge >= 0.3 is 0 Å². The van der Waals surface area contributed by atoms with Gasteiger partial charge in [0.1, 0.15) is 0 Å². The van der Waals surface area contributed by atoms with E-state index >= 15 is 0 Å². The van der Waals surface area contributed by atoms with Gasteiger partial charge in [-0.2, -0.15) is 0 Å². The first-order chi connectivity index (χ1) is 8.88. The van der Waals surface area contributed by atoms with Crippen molar-refractivity contribution in [1.29, 1.82) is 0 Å². The van der Waals surface area contributed by atoms with Gasteiger partial charge in [-0.1, -0.05) is 13.3 Å². The first kappa shape index (κ1) is 11.9. The molecule has 2 heteroatoms. The summed E-state index contributed by atoms with van der Waals surface area (Å²) in [6, 6.07) is 4.79. The van der Waals surface area contributed by atoms with Crippen LogP contribution in [0.15, 0.2) is 12.1 Å². The average molecular weight is 244 g/mol. The van der Waals surface area contributed by atoms with E-state index in [0.717, 1.165) is 6.54 Å². The van der Waals surface area contributed by atoms with Crippen LogP contribution in [0.3, 0.4) is 0 Å². The van der Waals surface area contributed by atoms with Gasteiger partial charge in [0.2, 0.25) is 0 Å². The molecule has 0 atom stereocenters. The lowest BCUT2D eigenvalue weighted by Gasteiger charge is -2.37. The molecule has 0 amide bonds. The van der Waals surface area contributed by atoms with Crippen molar-refractivity contribution in [1.82, 2.24) is 0 Å². The number of benzene rings is 1. The summed E-state index contributed by atoms with van der Waals surface area (Å²) >= 11 is 0. The van der Waals surface area contributed by atoms with Gasteiger partial charge < -0.3 is 10.2 Å². The maximum absolute atomic E-state index is 3.59. The molecular formula is C16H24N2. The standard InChI is InChI=1S/C16H24N2/c1-2-3-8-17-15-11-13-6-4-9-18-10-5-7-14(12-15)16(13)18/h11-12,17H,2-10H2,1H3. The summed E-state index contributed by atoms with van der Waals surface area (Å²) < 4.78 is 0. The Hall–Kier alpha value is -1.18. The average Bonchev–Trinajstić information content (AvgIpc) is 2.40. The normalized spacial score (nSPS) is 17.5. The van der Waals surface area contributed by atoms with Crippen molar-refractivity contribution < 1.29 is 0 Å². The van der Waals surface area contributed by atoms with E-state index in [1.165, 1.54) is 57.3 Å². The van der Waals surface area contributed by atoms with E-state index in [9.17, 15) is 0 Å². The summed E-state index contributed by atoms with van der Waals surface area (Å²) in [6.45, 7) is 5.89. The van der Waals surface area contributed by atoms with E-state index in [4.69, 9.17) is 0 Å². The number of unbranched alkanes of at least 4 members (excludes halogenated alkanes) is 1. The Morgan fingerprint density at radius 2 is 1.78 bits per heavy atom. The van der Waals surface area contributed by atoms with Gasteiger partial charge in [-0.05, 0) is 55.4 Å². The molecule has 0 bridgehead atoms. The fourth-order valence-electron chi connectivity index (χ4n) is 3.32. The zero-order chi connectivity index (χ0) is 12.4. The van der Waals surface area contributed by atoms with Gasteiger partial charge in [-0.25, -0.2) is 0 Å². The third kappa shape index (κ3) is 2.21. The number of rotatable bonds is 4. The Balaban J connectivity index is 1.86. The first-order valence-corrected chi connectivity index (χ1v) is 7.53. The summed E-state index contributed by atoms with van der Waals surface area (Å²) in [5.41, 5.74) is 6.09. The summed E-state index contributed by atoms with van der Waals surface area (Å²) in [7, 11) is 0. The highest BCUT2D eigenvalue weighted by Crippen LogP contribution is 2.37. The number of aryl methyl sites for hydroxylation is 2. The Morgan fingerprint density at radius 3 is 2.39 bits per heavy atom. The van der Waals surface area contributed by atoms with Gasteiger partial charge in [0.25, 0.3) is 0 Å². The van der Waals surface area contributed by atoms with Crippen LogP contribution in [0, 0.1) is 0 Å². The molecule has 0 radical (unpaired) electrons. The molecule has 0 aliphatic carbocycles. The second-order valence-electron chi connectivity index (χ2n) is 5.62. The number of nitrogens with zero attached hydrogens (tertiary/aromatic N) is 1. The molecule has 0 spiro atoms. The Morgan fingerprint density at radius 1 is 1.11 bits per heavy atom. The quantitative estimate of drug-likeness (QED) is 0.814. The molecule has 0 saturated carbocycles. The number of hydrogen-bond acceptors (Lipinski definition) is 2. The number of hydrogen-bond donors (Lipinski definition) is 1. The molecule has 18 heavy (non-hydrogen) atoms. The van der Waals surface area contributed by atoms with Gasteiger partial charge in [0.05, 0.1) is 0 Å². The topological polar surface area (TPSA) is 15.3 Å².